The van der Waals surface area contributed by atoms with Crippen molar-refractivity contribution in [3.63, 3.8) is 0 Å². The fourth-order valence-corrected chi connectivity index (χ4v) is 0.740. The Morgan fingerprint density at radius 3 is 2.21 bits per heavy atom. The molecule has 0 spiro atoms. The molecule has 0 fully saturated rings. The van der Waals surface area contributed by atoms with Gasteiger partial charge in [0.2, 0.25) is 0 Å². The van der Waals surface area contributed by atoms with Crippen molar-refractivity contribution in [2.45, 2.75) is 19.8 Å². The Balaban J connectivity index is 0.000000280. The molecule has 1 heterocycles. The summed E-state index contributed by atoms with van der Waals surface area (Å²) in [4.78, 5) is 20.0. The van der Waals surface area contributed by atoms with E-state index in [0.29, 0.717) is 12.7 Å². The Morgan fingerprint density at radius 1 is 1.50 bits per heavy atom. The highest BCUT2D eigenvalue weighted by atomic mass is 16.4. The predicted octanol–water partition coefficient (Wildman–Crippen LogP) is 1.97. The highest BCUT2D eigenvalue weighted by molar-refractivity contribution is 5.71. The number of hydrogen-bond donors (Lipinski definition) is 1. The average molecular weight is 198 g/mol. The molecule has 0 saturated carbocycles. The fraction of sp³-hybridized carbons (Fsp3) is 0.400. The van der Waals surface area contributed by atoms with Crippen LogP contribution in [0.2, 0.25) is 0 Å². The topological polar surface area (TPSA) is 67.5 Å². The van der Waals surface area contributed by atoms with Crippen molar-refractivity contribution in [2.75, 3.05) is 0 Å². The van der Waals surface area contributed by atoms with E-state index >= 15 is 0 Å². The van der Waals surface area contributed by atoms with Crippen molar-refractivity contribution < 1.29 is 19.1 Å². The molecule has 4 nitrogen and oxygen atoms in total. The maximum atomic E-state index is 10.0. The summed E-state index contributed by atoms with van der Waals surface area (Å²) in [5.74, 6) is -1.21. The standard InChI is InChI=1S/C6H10O3.C4H4O/c1-2-5(4-7)3-6(8)9;1-2-4-5-3-1/h4-5H,2-3H2,1H3,(H,8,9);1-4H. The Hall–Kier alpha value is -1.58. The summed E-state index contributed by atoms with van der Waals surface area (Å²) in [5, 5.41) is 8.19. The Morgan fingerprint density at radius 2 is 2.07 bits per heavy atom. The Labute approximate surface area is 82.5 Å². The van der Waals surface area contributed by atoms with Gasteiger partial charge in [-0.05, 0) is 18.6 Å². The van der Waals surface area contributed by atoms with Gasteiger partial charge < -0.3 is 14.3 Å². The van der Waals surface area contributed by atoms with Gasteiger partial charge in [0.25, 0.3) is 0 Å². The SMILES string of the molecule is CCC(C=O)CC(=O)O.c1ccoc1. The van der Waals surface area contributed by atoms with E-state index in [-0.39, 0.29) is 12.3 Å². The summed E-state index contributed by atoms with van der Waals surface area (Å²) in [6, 6.07) is 3.67. The Bertz CT molecular complexity index is 223. The molecular weight excluding hydrogens is 184 g/mol. The minimum Gasteiger partial charge on any atom is -0.481 e. The van der Waals surface area contributed by atoms with Crippen LogP contribution in [0.25, 0.3) is 0 Å². The van der Waals surface area contributed by atoms with Crippen molar-refractivity contribution >= 4 is 12.3 Å². The van der Waals surface area contributed by atoms with Gasteiger partial charge in [0.15, 0.2) is 0 Å². The van der Waals surface area contributed by atoms with Crippen LogP contribution in [0.1, 0.15) is 19.8 Å². The van der Waals surface area contributed by atoms with Gasteiger partial charge in [-0.15, -0.1) is 0 Å². The van der Waals surface area contributed by atoms with E-state index in [4.69, 9.17) is 5.11 Å². The number of carbonyl (C=O) groups excluding carboxylic acids is 1. The van der Waals surface area contributed by atoms with Crippen LogP contribution in [-0.4, -0.2) is 17.4 Å². The summed E-state index contributed by atoms with van der Waals surface area (Å²) in [7, 11) is 0. The summed E-state index contributed by atoms with van der Waals surface area (Å²) < 4.78 is 4.58. The van der Waals surface area contributed by atoms with Crippen LogP contribution in [0.4, 0.5) is 0 Å². The third-order valence-electron chi connectivity index (χ3n) is 1.58. The molecular formula is C10H14O4. The number of hydrogen-bond acceptors (Lipinski definition) is 3. The number of aldehydes is 1. The van der Waals surface area contributed by atoms with Gasteiger partial charge in [0.05, 0.1) is 18.9 Å². The molecule has 1 unspecified atom stereocenters. The first-order chi connectivity index (χ1) is 6.70. The third-order valence-corrected chi connectivity index (χ3v) is 1.58. The minimum atomic E-state index is -0.908. The van der Waals surface area contributed by atoms with Crippen LogP contribution >= 0.6 is 0 Å². The first kappa shape index (κ1) is 12.4. The molecule has 0 radical (unpaired) electrons. The number of aliphatic carboxylic acids is 1. The van der Waals surface area contributed by atoms with E-state index in [2.05, 4.69) is 4.42 Å². The van der Waals surface area contributed by atoms with Gasteiger partial charge in [0, 0.05) is 5.92 Å². The lowest BCUT2D eigenvalue weighted by molar-refractivity contribution is -0.139. The van der Waals surface area contributed by atoms with Crippen molar-refractivity contribution in [1.29, 1.82) is 0 Å². The lowest BCUT2D eigenvalue weighted by atomic mass is 10.1. The molecule has 1 atom stereocenters. The second kappa shape index (κ2) is 8.04. The zero-order valence-electron chi connectivity index (χ0n) is 8.05. The maximum Gasteiger partial charge on any atom is 0.304 e. The van der Waals surface area contributed by atoms with E-state index in [1.54, 1.807) is 19.5 Å². The van der Waals surface area contributed by atoms with Crippen LogP contribution in [-0.2, 0) is 9.59 Å². The second-order valence-corrected chi connectivity index (χ2v) is 2.70. The number of carbonyl (C=O) groups is 2. The number of furan rings is 1. The summed E-state index contributed by atoms with van der Waals surface area (Å²) in [5.41, 5.74) is 0. The van der Waals surface area contributed by atoms with Crippen molar-refractivity contribution in [2.24, 2.45) is 5.92 Å². The first-order valence-electron chi connectivity index (χ1n) is 4.35. The summed E-state index contributed by atoms with van der Waals surface area (Å²) in [6.45, 7) is 1.79. The van der Waals surface area contributed by atoms with Crippen LogP contribution in [0, 0.1) is 5.92 Å². The van der Waals surface area contributed by atoms with Crippen LogP contribution in [0.3, 0.4) is 0 Å². The van der Waals surface area contributed by atoms with Crippen molar-refractivity contribution in [1.82, 2.24) is 0 Å². The molecule has 14 heavy (non-hydrogen) atoms. The van der Waals surface area contributed by atoms with Crippen LogP contribution < -0.4 is 0 Å². The number of rotatable bonds is 4. The lowest BCUT2D eigenvalue weighted by Crippen LogP contribution is -2.07. The molecule has 1 aromatic rings. The lowest BCUT2D eigenvalue weighted by Gasteiger charge is -1.99. The zero-order chi connectivity index (χ0) is 10.8. The first-order valence-corrected chi connectivity index (χ1v) is 4.35. The van der Waals surface area contributed by atoms with Gasteiger partial charge >= 0.3 is 5.97 Å². The Kier molecular flexibility index (Phi) is 7.13. The largest absolute Gasteiger partial charge is 0.481 e. The normalized spacial score (nSPS) is 10.9. The molecule has 4 heteroatoms. The fourth-order valence-electron chi connectivity index (χ4n) is 0.740. The zero-order valence-corrected chi connectivity index (χ0v) is 8.05. The quantitative estimate of drug-likeness (QED) is 0.751. The van der Waals surface area contributed by atoms with Gasteiger partial charge in [0.1, 0.15) is 6.29 Å². The molecule has 0 aliphatic carbocycles. The molecule has 0 aliphatic heterocycles. The molecule has 1 N–H and O–H groups in total. The van der Waals surface area contributed by atoms with Crippen LogP contribution in [0.5, 0.6) is 0 Å². The van der Waals surface area contributed by atoms with E-state index in [1.165, 1.54) is 0 Å². The van der Waals surface area contributed by atoms with E-state index < -0.39 is 5.97 Å². The van der Waals surface area contributed by atoms with E-state index in [1.807, 2.05) is 12.1 Å². The average Bonchev–Trinajstić information content (AvgIpc) is 2.71. The predicted molar refractivity (Wildman–Crippen MR) is 50.8 cm³/mol. The molecule has 78 valence electrons. The molecule has 1 rings (SSSR count). The van der Waals surface area contributed by atoms with Crippen molar-refractivity contribution in [3.05, 3.63) is 24.7 Å². The molecule has 1 aromatic heterocycles. The summed E-state index contributed by atoms with van der Waals surface area (Å²) >= 11 is 0. The smallest absolute Gasteiger partial charge is 0.304 e. The highest BCUT2D eigenvalue weighted by Gasteiger charge is 2.08. The monoisotopic (exact) mass is 198 g/mol. The molecule has 0 aromatic carbocycles. The number of carboxylic acid groups (broad SMARTS) is 1. The maximum absolute atomic E-state index is 10.0. The molecule has 0 bridgehead atoms. The van der Waals surface area contributed by atoms with Gasteiger partial charge in [-0.3, -0.25) is 4.79 Å². The minimum absolute atomic E-state index is 0.0417. The molecule has 0 amide bonds. The van der Waals surface area contributed by atoms with Crippen LogP contribution in [0.15, 0.2) is 29.1 Å². The van der Waals surface area contributed by atoms with Gasteiger partial charge in [-0.2, -0.15) is 0 Å². The second-order valence-electron chi connectivity index (χ2n) is 2.70. The van der Waals surface area contributed by atoms with Gasteiger partial charge in [-0.25, -0.2) is 0 Å². The van der Waals surface area contributed by atoms with E-state index in [0.717, 1.165) is 0 Å². The molecule has 0 aliphatic rings. The summed E-state index contributed by atoms with van der Waals surface area (Å²) in [6.07, 6.45) is 4.50. The highest BCUT2D eigenvalue weighted by Crippen LogP contribution is 2.02. The molecule has 0 saturated heterocycles. The van der Waals surface area contributed by atoms with E-state index in [9.17, 15) is 9.59 Å². The third kappa shape index (κ3) is 7.09. The van der Waals surface area contributed by atoms with Crippen molar-refractivity contribution in [3.8, 4) is 0 Å². The van der Waals surface area contributed by atoms with Gasteiger partial charge in [-0.1, -0.05) is 6.92 Å². The number of carboxylic acids is 1.